The molecule has 1 aromatic heterocycles. The van der Waals surface area contributed by atoms with Crippen LogP contribution in [0.25, 0.3) is 33.1 Å². The number of amides is 1. The molecule has 5 N–H and O–H groups in total. The van der Waals surface area contributed by atoms with Gasteiger partial charge in [0.1, 0.15) is 22.1 Å². The van der Waals surface area contributed by atoms with E-state index in [0.717, 1.165) is 4.90 Å². The summed E-state index contributed by atoms with van der Waals surface area (Å²) in [6.45, 7) is 2.24. The zero-order valence-electron chi connectivity index (χ0n) is 22.7. The molecular formula is C30H25NO11. The molecule has 2 aliphatic heterocycles. The van der Waals surface area contributed by atoms with Crippen LogP contribution in [-0.2, 0) is 28.8 Å². The molecule has 1 amide bonds. The van der Waals surface area contributed by atoms with Crippen LogP contribution < -0.4 is 10.2 Å². The first-order chi connectivity index (χ1) is 19.9. The number of hydrogen-bond donors (Lipinski definition) is 5. The van der Waals surface area contributed by atoms with Gasteiger partial charge in [-0.2, -0.15) is 0 Å². The number of hydrogen-bond acceptors (Lipinski definition) is 11. The second-order valence-corrected chi connectivity index (χ2v) is 11.3. The van der Waals surface area contributed by atoms with Crippen LogP contribution in [0.5, 0.6) is 28.7 Å². The fourth-order valence-electron chi connectivity index (χ4n) is 6.85. The van der Waals surface area contributed by atoms with E-state index in [-0.39, 0.29) is 57.4 Å². The Bertz CT molecular complexity index is 2010. The van der Waals surface area contributed by atoms with E-state index in [1.807, 2.05) is 0 Å². The van der Waals surface area contributed by atoms with Gasteiger partial charge in [0.05, 0.1) is 19.3 Å². The van der Waals surface area contributed by atoms with Gasteiger partial charge in [-0.15, -0.1) is 0 Å². The number of nitrogens with zero attached hydrogens (tertiary/aromatic N) is 1. The van der Waals surface area contributed by atoms with Gasteiger partial charge in [0, 0.05) is 23.1 Å². The summed E-state index contributed by atoms with van der Waals surface area (Å²) in [6.07, 6.45) is 0.534. The van der Waals surface area contributed by atoms with Crippen molar-refractivity contribution >= 4 is 33.8 Å². The maximum atomic E-state index is 14.0. The van der Waals surface area contributed by atoms with Crippen molar-refractivity contribution in [3.8, 4) is 39.9 Å². The van der Waals surface area contributed by atoms with Crippen molar-refractivity contribution in [1.82, 2.24) is 4.90 Å². The average molecular weight is 576 g/mol. The number of aryl methyl sites for hydroxylation is 1. The highest BCUT2D eigenvalue weighted by Gasteiger charge is 2.63. The lowest BCUT2D eigenvalue weighted by molar-refractivity contribution is -0.151. The molecule has 7 rings (SSSR count). The number of phenols is 4. The van der Waals surface area contributed by atoms with Crippen LogP contribution in [0, 0.1) is 0 Å². The third-order valence-corrected chi connectivity index (χ3v) is 8.81. The summed E-state index contributed by atoms with van der Waals surface area (Å²) in [5, 5.41) is 53.8. The molecule has 1 fully saturated rings. The standard InChI is InChI=1S/C30H25NO11/c1-29(10-32)28(39)42-30(2)9-12-8-11-4-5-13-18(16(11)23(35)17(12)27(38)31(29)30)26-20(25(37)21(13)33)24(36)19-14(41-26)6-7-15(40-3)22(19)34/h6-8,32-35,37H,4-5,9-10H2,1-3H3. The molecular weight excluding hydrogens is 550 g/mol. The van der Waals surface area contributed by atoms with Crippen LogP contribution in [-0.4, -0.2) is 67.3 Å². The molecule has 3 heterocycles. The summed E-state index contributed by atoms with van der Waals surface area (Å²) < 4.78 is 16.8. The van der Waals surface area contributed by atoms with Crippen LogP contribution >= 0.6 is 0 Å². The summed E-state index contributed by atoms with van der Waals surface area (Å²) in [4.78, 5) is 41.5. The molecule has 0 saturated carbocycles. The summed E-state index contributed by atoms with van der Waals surface area (Å²) in [7, 11) is 1.31. The highest BCUT2D eigenvalue weighted by Crippen LogP contribution is 2.54. The van der Waals surface area contributed by atoms with E-state index in [1.54, 1.807) is 13.0 Å². The smallest absolute Gasteiger partial charge is 0.336 e. The largest absolute Gasteiger partial charge is 0.506 e. The Morgan fingerprint density at radius 2 is 1.64 bits per heavy atom. The topological polar surface area (TPSA) is 187 Å². The normalized spacial score (nSPS) is 22.5. The number of benzene rings is 3. The summed E-state index contributed by atoms with van der Waals surface area (Å²) in [5.41, 5.74) is -2.84. The number of fused-ring (bicyclic) bond motifs is 8. The van der Waals surface area contributed by atoms with E-state index >= 15 is 0 Å². The molecule has 2 atom stereocenters. The number of aliphatic hydroxyl groups is 1. The number of carbonyl (C=O) groups is 2. The second-order valence-electron chi connectivity index (χ2n) is 11.3. The van der Waals surface area contributed by atoms with Crippen LogP contribution in [0.15, 0.2) is 27.4 Å². The number of methoxy groups -OCH3 is 1. The number of aromatic hydroxyl groups is 4. The number of carbonyl (C=O) groups excluding carboxylic acids is 2. The second kappa shape index (κ2) is 8.07. The minimum Gasteiger partial charge on any atom is -0.506 e. The van der Waals surface area contributed by atoms with Gasteiger partial charge < -0.3 is 39.4 Å². The van der Waals surface area contributed by atoms with Crippen molar-refractivity contribution in [2.24, 2.45) is 0 Å². The van der Waals surface area contributed by atoms with Crippen molar-refractivity contribution in [3.05, 3.63) is 50.7 Å². The third kappa shape index (κ3) is 2.91. The number of phenolic OH excluding ortho intramolecular Hbond substituents is 4. The monoisotopic (exact) mass is 575 g/mol. The highest BCUT2D eigenvalue weighted by atomic mass is 16.6. The van der Waals surface area contributed by atoms with E-state index in [2.05, 4.69) is 0 Å². The zero-order valence-corrected chi connectivity index (χ0v) is 22.7. The van der Waals surface area contributed by atoms with Crippen LogP contribution in [0.1, 0.15) is 40.9 Å². The number of ether oxygens (including phenoxy) is 2. The van der Waals surface area contributed by atoms with Gasteiger partial charge in [0.25, 0.3) is 5.91 Å². The molecule has 1 aliphatic carbocycles. The van der Waals surface area contributed by atoms with Crippen LogP contribution in [0.3, 0.4) is 0 Å². The van der Waals surface area contributed by atoms with Crippen LogP contribution in [0.4, 0.5) is 0 Å². The molecule has 42 heavy (non-hydrogen) atoms. The summed E-state index contributed by atoms with van der Waals surface area (Å²) >= 11 is 0. The van der Waals surface area contributed by atoms with Gasteiger partial charge in [-0.3, -0.25) is 14.5 Å². The predicted octanol–water partition coefficient (Wildman–Crippen LogP) is 2.57. The lowest BCUT2D eigenvalue weighted by atomic mass is 9.78. The zero-order chi connectivity index (χ0) is 30.0. The Morgan fingerprint density at radius 3 is 2.33 bits per heavy atom. The molecule has 4 aromatic rings. The molecule has 0 spiro atoms. The van der Waals surface area contributed by atoms with Crippen molar-refractivity contribution in [2.45, 2.75) is 44.4 Å². The van der Waals surface area contributed by atoms with Crippen molar-refractivity contribution < 1.29 is 49.0 Å². The van der Waals surface area contributed by atoms with Gasteiger partial charge in [0.15, 0.2) is 39.8 Å². The lowest BCUT2D eigenvalue weighted by Crippen LogP contribution is -2.60. The molecule has 1 saturated heterocycles. The predicted molar refractivity (Wildman–Crippen MR) is 146 cm³/mol. The van der Waals surface area contributed by atoms with Gasteiger partial charge in [-0.05, 0) is 49.9 Å². The number of esters is 1. The van der Waals surface area contributed by atoms with Crippen LogP contribution in [0.2, 0.25) is 0 Å². The van der Waals surface area contributed by atoms with E-state index in [1.165, 1.54) is 26.2 Å². The first-order valence-corrected chi connectivity index (χ1v) is 13.2. The Labute approximate surface area is 236 Å². The van der Waals surface area contributed by atoms with Gasteiger partial charge in [-0.25, -0.2) is 4.79 Å². The van der Waals surface area contributed by atoms with Crippen molar-refractivity contribution in [2.75, 3.05) is 13.7 Å². The fourth-order valence-corrected chi connectivity index (χ4v) is 6.85. The minimum atomic E-state index is -1.69. The lowest BCUT2D eigenvalue weighted by Gasteiger charge is -2.43. The van der Waals surface area contributed by atoms with Crippen molar-refractivity contribution in [3.63, 3.8) is 0 Å². The SMILES string of the molecule is COc1ccc2oc3c4c(c(O)c(O)c3c(=O)c2c1O)CCc1cc2c(c(O)c1-4)C(=O)N1C(C)(C2)OC(=O)C1(C)CO. The minimum absolute atomic E-state index is 0.00444. The third-order valence-electron chi connectivity index (χ3n) is 8.81. The first kappa shape index (κ1) is 26.0. The maximum absolute atomic E-state index is 14.0. The van der Waals surface area contributed by atoms with E-state index in [9.17, 15) is 39.9 Å². The van der Waals surface area contributed by atoms with Crippen molar-refractivity contribution in [1.29, 1.82) is 0 Å². The Hall–Kier alpha value is -4.97. The number of aliphatic hydroxyl groups excluding tert-OH is 1. The van der Waals surface area contributed by atoms with Gasteiger partial charge >= 0.3 is 5.97 Å². The Kier molecular flexibility index (Phi) is 4.99. The molecule has 2 unspecified atom stereocenters. The molecule has 3 aliphatic rings. The molecule has 3 aromatic carbocycles. The molecule has 12 nitrogen and oxygen atoms in total. The van der Waals surface area contributed by atoms with E-state index < -0.39 is 63.6 Å². The average Bonchev–Trinajstić information content (AvgIpc) is 3.15. The van der Waals surface area contributed by atoms with Gasteiger partial charge in [-0.1, -0.05) is 6.07 Å². The highest BCUT2D eigenvalue weighted by molar-refractivity contribution is 6.10. The molecule has 12 heteroatoms. The van der Waals surface area contributed by atoms with E-state index in [4.69, 9.17) is 13.9 Å². The van der Waals surface area contributed by atoms with E-state index in [0.29, 0.717) is 17.5 Å². The molecule has 0 bridgehead atoms. The fraction of sp³-hybridized carbons (Fsp3) is 0.300. The molecule has 216 valence electrons. The molecule has 0 radical (unpaired) electrons. The summed E-state index contributed by atoms with van der Waals surface area (Å²) in [5.74, 6) is -3.85. The van der Waals surface area contributed by atoms with Gasteiger partial charge in [0.2, 0.25) is 5.43 Å². The Balaban J connectivity index is 1.56. The Morgan fingerprint density at radius 1 is 0.905 bits per heavy atom. The summed E-state index contributed by atoms with van der Waals surface area (Å²) in [6, 6.07) is 4.52. The number of rotatable bonds is 2. The quantitative estimate of drug-likeness (QED) is 0.134. The first-order valence-electron chi connectivity index (χ1n) is 13.2. The maximum Gasteiger partial charge on any atom is 0.336 e.